The molecule has 1 N–H and O–H groups in total. The van der Waals surface area contributed by atoms with Gasteiger partial charge >= 0.3 is 0 Å². The van der Waals surface area contributed by atoms with Crippen molar-refractivity contribution in [2.24, 2.45) is 0 Å². The smallest absolute Gasteiger partial charge is 0.119 e. The second-order valence-electron chi connectivity index (χ2n) is 6.40. The Hall–Kier alpha value is -1.06. The number of hydrogen-bond acceptors (Lipinski definition) is 2. The number of ether oxygens (including phenoxy) is 1. The first-order valence-corrected chi connectivity index (χ1v) is 10.1. The number of nitrogens with one attached hydrogen (secondary N) is 1. The van der Waals surface area contributed by atoms with Crippen LogP contribution >= 0.6 is 15.9 Å². The third-order valence-corrected chi connectivity index (χ3v) is 5.08. The molecule has 0 amide bonds. The summed E-state index contributed by atoms with van der Waals surface area (Å²) in [4.78, 5) is 0. The van der Waals surface area contributed by atoms with Crippen LogP contribution in [0.25, 0.3) is 10.8 Å². The molecular weight excluding hydrogens is 362 g/mol. The molecular formula is C21H30BrNO. The summed E-state index contributed by atoms with van der Waals surface area (Å²) in [5.74, 6) is 0.977. The predicted octanol–water partition coefficient (Wildman–Crippen LogP) is 6.32. The molecule has 0 spiro atoms. The zero-order chi connectivity index (χ0) is 17.0. The van der Waals surface area contributed by atoms with E-state index in [1.165, 1.54) is 55.7 Å². The number of hydrogen-bond donors (Lipinski definition) is 1. The highest BCUT2D eigenvalue weighted by Gasteiger charge is 2.00. The topological polar surface area (TPSA) is 21.3 Å². The van der Waals surface area contributed by atoms with Gasteiger partial charge < -0.3 is 10.1 Å². The van der Waals surface area contributed by atoms with E-state index in [9.17, 15) is 0 Å². The van der Waals surface area contributed by atoms with Gasteiger partial charge in [-0.15, -0.1) is 0 Å². The van der Waals surface area contributed by atoms with Gasteiger partial charge in [-0.2, -0.15) is 0 Å². The second kappa shape index (κ2) is 11.5. The van der Waals surface area contributed by atoms with Gasteiger partial charge in [0, 0.05) is 4.47 Å². The SMILES string of the molecule is CNCCCCCCCCCCOc1ccc2c(Br)cccc2c1. The maximum absolute atomic E-state index is 5.90. The molecule has 132 valence electrons. The Morgan fingerprint density at radius 3 is 2.33 bits per heavy atom. The monoisotopic (exact) mass is 391 g/mol. The van der Waals surface area contributed by atoms with E-state index < -0.39 is 0 Å². The molecule has 0 fully saturated rings. The van der Waals surface area contributed by atoms with E-state index in [2.05, 4.69) is 57.6 Å². The number of unbranched alkanes of at least 4 members (excludes halogenated alkanes) is 7. The molecule has 0 unspecified atom stereocenters. The van der Waals surface area contributed by atoms with Crippen molar-refractivity contribution in [2.45, 2.75) is 51.4 Å². The van der Waals surface area contributed by atoms with Crippen LogP contribution in [0.2, 0.25) is 0 Å². The highest BCUT2D eigenvalue weighted by Crippen LogP contribution is 2.27. The first-order valence-electron chi connectivity index (χ1n) is 9.27. The van der Waals surface area contributed by atoms with E-state index in [1.54, 1.807) is 0 Å². The standard InChI is InChI=1S/C21H30BrNO/c1-23-15-8-6-4-2-3-5-7-9-16-24-19-13-14-20-18(17-19)11-10-12-21(20)22/h10-14,17,23H,2-9,15-16H2,1H3. The fourth-order valence-corrected chi connectivity index (χ4v) is 3.48. The lowest BCUT2D eigenvalue weighted by molar-refractivity contribution is 0.304. The minimum Gasteiger partial charge on any atom is -0.494 e. The van der Waals surface area contributed by atoms with Gasteiger partial charge in [0.05, 0.1) is 6.61 Å². The summed E-state index contributed by atoms with van der Waals surface area (Å²) in [5, 5.41) is 5.66. The molecule has 0 radical (unpaired) electrons. The van der Waals surface area contributed by atoms with Crippen molar-refractivity contribution in [1.29, 1.82) is 0 Å². The molecule has 2 aromatic rings. The second-order valence-corrected chi connectivity index (χ2v) is 7.26. The first-order chi connectivity index (χ1) is 11.8. The molecule has 0 aliphatic heterocycles. The highest BCUT2D eigenvalue weighted by molar-refractivity contribution is 9.10. The Morgan fingerprint density at radius 1 is 0.875 bits per heavy atom. The summed E-state index contributed by atoms with van der Waals surface area (Å²) in [5.41, 5.74) is 0. The lowest BCUT2D eigenvalue weighted by Gasteiger charge is -2.08. The van der Waals surface area contributed by atoms with Crippen molar-refractivity contribution < 1.29 is 4.74 Å². The molecule has 2 aromatic carbocycles. The number of halogens is 1. The maximum Gasteiger partial charge on any atom is 0.119 e. The van der Waals surface area contributed by atoms with Gasteiger partial charge in [-0.3, -0.25) is 0 Å². The molecule has 3 heteroatoms. The van der Waals surface area contributed by atoms with E-state index >= 15 is 0 Å². The van der Waals surface area contributed by atoms with E-state index in [0.29, 0.717) is 0 Å². The average Bonchev–Trinajstić information content (AvgIpc) is 2.60. The van der Waals surface area contributed by atoms with E-state index in [1.807, 2.05) is 7.05 Å². The summed E-state index contributed by atoms with van der Waals surface area (Å²) >= 11 is 3.59. The lowest BCUT2D eigenvalue weighted by atomic mass is 10.1. The van der Waals surface area contributed by atoms with Gasteiger partial charge in [-0.1, -0.05) is 66.6 Å². The average molecular weight is 392 g/mol. The number of fused-ring (bicyclic) bond motifs is 1. The van der Waals surface area contributed by atoms with Crippen molar-refractivity contribution in [3.05, 3.63) is 40.9 Å². The quantitative estimate of drug-likeness (QED) is 0.427. The zero-order valence-corrected chi connectivity index (χ0v) is 16.4. The summed E-state index contributed by atoms with van der Waals surface area (Å²) in [6.07, 6.45) is 10.6. The van der Waals surface area contributed by atoms with Crippen LogP contribution in [0.1, 0.15) is 51.4 Å². The summed E-state index contributed by atoms with van der Waals surface area (Å²) in [6.45, 7) is 1.98. The third kappa shape index (κ3) is 6.82. The molecule has 0 heterocycles. The summed E-state index contributed by atoms with van der Waals surface area (Å²) in [6, 6.07) is 12.6. The fraction of sp³-hybridized carbons (Fsp3) is 0.524. The molecule has 2 rings (SSSR count). The Balaban J connectivity index is 1.55. The molecule has 0 atom stereocenters. The molecule has 0 bridgehead atoms. The van der Waals surface area contributed by atoms with Crippen molar-refractivity contribution in [2.75, 3.05) is 20.2 Å². The molecule has 24 heavy (non-hydrogen) atoms. The van der Waals surface area contributed by atoms with Crippen LogP contribution in [-0.4, -0.2) is 20.2 Å². The van der Waals surface area contributed by atoms with Gasteiger partial charge in [0.2, 0.25) is 0 Å². The molecule has 0 saturated heterocycles. The van der Waals surface area contributed by atoms with Crippen molar-refractivity contribution >= 4 is 26.7 Å². The first kappa shape index (κ1) is 19.3. The van der Waals surface area contributed by atoms with E-state index in [0.717, 1.165) is 29.8 Å². The van der Waals surface area contributed by atoms with Crippen LogP contribution < -0.4 is 10.1 Å². The Labute approximate surface area is 155 Å². The molecule has 2 nitrogen and oxygen atoms in total. The Morgan fingerprint density at radius 2 is 1.58 bits per heavy atom. The van der Waals surface area contributed by atoms with Gasteiger partial charge in [-0.05, 0) is 61.5 Å². The van der Waals surface area contributed by atoms with Gasteiger partial charge in [-0.25, -0.2) is 0 Å². The Bertz CT molecular complexity index is 599. The van der Waals surface area contributed by atoms with Crippen LogP contribution in [0, 0.1) is 0 Å². The Kier molecular flexibility index (Phi) is 9.22. The summed E-state index contributed by atoms with van der Waals surface area (Å²) in [7, 11) is 2.03. The van der Waals surface area contributed by atoms with Crippen molar-refractivity contribution in [3.8, 4) is 5.75 Å². The zero-order valence-electron chi connectivity index (χ0n) is 14.8. The van der Waals surface area contributed by atoms with E-state index in [-0.39, 0.29) is 0 Å². The molecule has 0 aliphatic rings. The third-order valence-electron chi connectivity index (χ3n) is 4.39. The van der Waals surface area contributed by atoms with Gasteiger partial charge in [0.1, 0.15) is 5.75 Å². The van der Waals surface area contributed by atoms with Gasteiger partial charge in [0.25, 0.3) is 0 Å². The minimum absolute atomic E-state index is 0.821. The van der Waals surface area contributed by atoms with Crippen LogP contribution in [-0.2, 0) is 0 Å². The van der Waals surface area contributed by atoms with Crippen LogP contribution in [0.4, 0.5) is 0 Å². The highest BCUT2D eigenvalue weighted by atomic mass is 79.9. The normalized spacial score (nSPS) is 11.1. The molecule has 0 aliphatic carbocycles. The predicted molar refractivity (Wildman–Crippen MR) is 108 cm³/mol. The molecule has 0 saturated carbocycles. The largest absolute Gasteiger partial charge is 0.494 e. The van der Waals surface area contributed by atoms with Crippen molar-refractivity contribution in [3.63, 3.8) is 0 Å². The van der Waals surface area contributed by atoms with Crippen LogP contribution in [0.5, 0.6) is 5.75 Å². The number of benzene rings is 2. The minimum atomic E-state index is 0.821. The maximum atomic E-state index is 5.90. The van der Waals surface area contributed by atoms with E-state index in [4.69, 9.17) is 4.74 Å². The van der Waals surface area contributed by atoms with Crippen LogP contribution in [0.15, 0.2) is 40.9 Å². The van der Waals surface area contributed by atoms with Crippen LogP contribution in [0.3, 0.4) is 0 Å². The van der Waals surface area contributed by atoms with Crippen molar-refractivity contribution in [1.82, 2.24) is 5.32 Å². The lowest BCUT2D eigenvalue weighted by Crippen LogP contribution is -2.06. The number of rotatable bonds is 12. The summed E-state index contributed by atoms with van der Waals surface area (Å²) < 4.78 is 7.04. The molecule has 0 aromatic heterocycles. The fourth-order valence-electron chi connectivity index (χ4n) is 2.97. The van der Waals surface area contributed by atoms with Gasteiger partial charge in [0.15, 0.2) is 0 Å².